The first-order valence-corrected chi connectivity index (χ1v) is 3.96. The molecule has 5 nitrogen and oxygen atoms in total. The van der Waals surface area contributed by atoms with Gasteiger partial charge in [-0.15, -0.1) is 0 Å². The number of nitrogens with zero attached hydrogens (tertiary/aromatic N) is 4. The van der Waals surface area contributed by atoms with Crippen molar-refractivity contribution < 1.29 is 0 Å². The monoisotopic (exact) mass is 179 g/mol. The Labute approximate surface area is 72.6 Å². The molecular weight excluding hydrogens is 174 g/mol. The van der Waals surface area contributed by atoms with Crippen LogP contribution in [0.5, 0.6) is 0 Å². The zero-order chi connectivity index (χ0) is 8.39. The lowest BCUT2D eigenvalue weighted by Gasteiger charge is -1.92. The van der Waals surface area contributed by atoms with Gasteiger partial charge in [-0.3, -0.25) is 0 Å². The molecule has 0 spiro atoms. The predicted molar refractivity (Wildman–Crippen MR) is 45.3 cm³/mol. The van der Waals surface area contributed by atoms with Gasteiger partial charge in [-0.2, -0.15) is 8.75 Å². The van der Waals surface area contributed by atoms with Crippen molar-refractivity contribution in [3.8, 4) is 11.5 Å². The van der Waals surface area contributed by atoms with Gasteiger partial charge >= 0.3 is 0 Å². The molecule has 0 amide bonds. The molecule has 0 aliphatic rings. The molecule has 2 N–H and O–H groups in total. The number of anilines is 1. The zero-order valence-corrected chi connectivity index (χ0v) is 6.82. The Morgan fingerprint density at radius 1 is 1.17 bits per heavy atom. The standard InChI is InChI=1S/C6H5N5S/c7-5-4(10-12-11-5)6-8-2-1-3-9-6/h1-3H,(H2,7,11). The minimum Gasteiger partial charge on any atom is -0.381 e. The van der Waals surface area contributed by atoms with Crippen LogP contribution in [-0.4, -0.2) is 18.7 Å². The van der Waals surface area contributed by atoms with Crippen molar-refractivity contribution in [1.82, 2.24) is 18.7 Å². The quantitative estimate of drug-likeness (QED) is 0.692. The number of hydrogen-bond donors (Lipinski definition) is 1. The van der Waals surface area contributed by atoms with Crippen molar-refractivity contribution in [2.24, 2.45) is 0 Å². The van der Waals surface area contributed by atoms with Crippen LogP contribution in [0.25, 0.3) is 11.5 Å². The van der Waals surface area contributed by atoms with Crippen LogP contribution in [-0.2, 0) is 0 Å². The maximum atomic E-state index is 5.53. The Balaban J connectivity index is 2.51. The summed E-state index contributed by atoms with van der Waals surface area (Å²) < 4.78 is 7.79. The first-order chi connectivity index (χ1) is 5.88. The lowest BCUT2D eigenvalue weighted by atomic mass is 10.4. The summed E-state index contributed by atoms with van der Waals surface area (Å²) in [6.45, 7) is 0. The highest BCUT2D eigenvalue weighted by atomic mass is 32.1. The van der Waals surface area contributed by atoms with E-state index in [1.165, 1.54) is 0 Å². The molecule has 0 aliphatic heterocycles. The van der Waals surface area contributed by atoms with E-state index in [1.807, 2.05) is 0 Å². The largest absolute Gasteiger partial charge is 0.381 e. The number of nitrogen functional groups attached to an aromatic ring is 1. The number of aromatic nitrogens is 4. The van der Waals surface area contributed by atoms with Crippen LogP contribution in [0.2, 0.25) is 0 Å². The van der Waals surface area contributed by atoms with E-state index in [-0.39, 0.29) is 0 Å². The van der Waals surface area contributed by atoms with Gasteiger partial charge in [-0.1, -0.05) is 0 Å². The van der Waals surface area contributed by atoms with E-state index in [2.05, 4.69) is 18.7 Å². The summed E-state index contributed by atoms with van der Waals surface area (Å²) in [6.07, 6.45) is 3.28. The fourth-order valence-corrected chi connectivity index (χ4v) is 1.24. The second kappa shape index (κ2) is 2.82. The smallest absolute Gasteiger partial charge is 0.183 e. The molecule has 0 aliphatic carbocycles. The molecule has 0 bridgehead atoms. The molecule has 12 heavy (non-hydrogen) atoms. The first-order valence-electron chi connectivity index (χ1n) is 3.23. The molecule has 2 aromatic heterocycles. The van der Waals surface area contributed by atoms with Crippen molar-refractivity contribution in [3.05, 3.63) is 18.5 Å². The lowest BCUT2D eigenvalue weighted by molar-refractivity contribution is 1.16. The second-order valence-electron chi connectivity index (χ2n) is 2.07. The highest BCUT2D eigenvalue weighted by molar-refractivity contribution is 6.99. The summed E-state index contributed by atoms with van der Waals surface area (Å²) in [5.41, 5.74) is 6.09. The molecular formula is C6H5N5S. The van der Waals surface area contributed by atoms with E-state index in [9.17, 15) is 0 Å². The molecule has 2 aromatic rings. The van der Waals surface area contributed by atoms with Gasteiger partial charge in [0.15, 0.2) is 17.3 Å². The van der Waals surface area contributed by atoms with Crippen LogP contribution in [0.3, 0.4) is 0 Å². The Morgan fingerprint density at radius 3 is 2.50 bits per heavy atom. The van der Waals surface area contributed by atoms with Crippen LogP contribution in [0.4, 0.5) is 5.82 Å². The van der Waals surface area contributed by atoms with Crippen LogP contribution < -0.4 is 5.73 Å². The maximum absolute atomic E-state index is 5.53. The van der Waals surface area contributed by atoms with E-state index >= 15 is 0 Å². The van der Waals surface area contributed by atoms with Gasteiger partial charge in [0.25, 0.3) is 0 Å². The normalized spacial score (nSPS) is 10.0. The van der Waals surface area contributed by atoms with E-state index in [4.69, 9.17) is 5.73 Å². The van der Waals surface area contributed by atoms with Gasteiger partial charge in [-0.25, -0.2) is 9.97 Å². The fraction of sp³-hybridized carbons (Fsp3) is 0. The minimum atomic E-state index is 0.381. The lowest BCUT2D eigenvalue weighted by Crippen LogP contribution is -1.92. The van der Waals surface area contributed by atoms with Crippen LogP contribution in [0.1, 0.15) is 0 Å². The Bertz CT molecular complexity index is 370. The minimum absolute atomic E-state index is 0.381. The van der Waals surface area contributed by atoms with Gasteiger partial charge < -0.3 is 5.73 Å². The van der Waals surface area contributed by atoms with Crippen molar-refractivity contribution in [2.45, 2.75) is 0 Å². The average Bonchev–Trinajstić information content (AvgIpc) is 2.53. The number of nitrogens with two attached hydrogens (primary N) is 1. The molecule has 2 heterocycles. The molecule has 0 aromatic carbocycles. The van der Waals surface area contributed by atoms with E-state index in [0.29, 0.717) is 17.3 Å². The third-order valence-corrected chi connectivity index (χ3v) is 1.83. The van der Waals surface area contributed by atoms with E-state index < -0.39 is 0 Å². The molecule has 0 saturated heterocycles. The summed E-state index contributed by atoms with van der Waals surface area (Å²) in [6, 6.07) is 1.74. The van der Waals surface area contributed by atoms with E-state index in [1.54, 1.807) is 18.5 Å². The third-order valence-electron chi connectivity index (χ3n) is 1.29. The van der Waals surface area contributed by atoms with Crippen LogP contribution >= 0.6 is 11.7 Å². The maximum Gasteiger partial charge on any atom is 0.183 e. The summed E-state index contributed by atoms with van der Waals surface area (Å²) in [4.78, 5) is 7.99. The zero-order valence-electron chi connectivity index (χ0n) is 6.01. The van der Waals surface area contributed by atoms with Crippen molar-refractivity contribution in [3.63, 3.8) is 0 Å². The molecule has 0 atom stereocenters. The molecule has 0 saturated carbocycles. The van der Waals surface area contributed by atoms with Crippen molar-refractivity contribution in [1.29, 1.82) is 0 Å². The highest BCUT2D eigenvalue weighted by Gasteiger charge is 2.08. The Morgan fingerprint density at radius 2 is 1.92 bits per heavy atom. The van der Waals surface area contributed by atoms with Gasteiger partial charge in [0, 0.05) is 12.4 Å². The summed E-state index contributed by atoms with van der Waals surface area (Å²) in [7, 11) is 0. The Hall–Kier alpha value is -1.56. The average molecular weight is 179 g/mol. The Kier molecular flexibility index (Phi) is 1.67. The van der Waals surface area contributed by atoms with Gasteiger partial charge in [0.1, 0.15) is 0 Å². The van der Waals surface area contributed by atoms with Gasteiger partial charge in [-0.05, 0) is 6.07 Å². The SMILES string of the molecule is Nc1nsnc1-c1ncccn1. The van der Waals surface area contributed by atoms with Crippen LogP contribution in [0, 0.1) is 0 Å². The molecule has 2 rings (SSSR count). The second-order valence-corrected chi connectivity index (χ2v) is 2.60. The van der Waals surface area contributed by atoms with Gasteiger partial charge in [0.05, 0.1) is 11.7 Å². The van der Waals surface area contributed by atoms with Crippen molar-refractivity contribution >= 4 is 17.5 Å². The molecule has 60 valence electrons. The van der Waals surface area contributed by atoms with Gasteiger partial charge in [0.2, 0.25) is 0 Å². The fourth-order valence-electron chi connectivity index (χ4n) is 0.772. The summed E-state index contributed by atoms with van der Waals surface area (Å²) in [5.74, 6) is 0.898. The first kappa shape index (κ1) is 7.11. The topological polar surface area (TPSA) is 77.6 Å². The predicted octanol–water partition coefficient (Wildman–Crippen LogP) is 0.577. The van der Waals surface area contributed by atoms with Crippen molar-refractivity contribution in [2.75, 3.05) is 5.73 Å². The molecule has 6 heteroatoms. The number of rotatable bonds is 1. The highest BCUT2D eigenvalue weighted by Crippen LogP contribution is 2.17. The summed E-state index contributed by atoms with van der Waals surface area (Å²) >= 11 is 1.06. The third kappa shape index (κ3) is 1.12. The van der Waals surface area contributed by atoms with E-state index in [0.717, 1.165) is 11.7 Å². The molecule has 0 fully saturated rings. The number of hydrogen-bond acceptors (Lipinski definition) is 6. The molecule has 0 radical (unpaired) electrons. The van der Waals surface area contributed by atoms with Crippen LogP contribution in [0.15, 0.2) is 18.5 Å². The summed E-state index contributed by atoms with van der Waals surface area (Å²) in [5, 5.41) is 0. The molecule has 0 unspecified atom stereocenters.